The van der Waals surface area contributed by atoms with E-state index < -0.39 is 0 Å². The average molecular weight is 237 g/mol. The molecule has 0 amide bonds. The van der Waals surface area contributed by atoms with Crippen LogP contribution in [0.4, 0.5) is 5.69 Å². The van der Waals surface area contributed by atoms with Crippen LogP contribution in [-0.4, -0.2) is 16.4 Å². The third-order valence-electron chi connectivity index (χ3n) is 1.32. The van der Waals surface area contributed by atoms with Gasteiger partial charge in [0.2, 0.25) is 0 Å². The molecule has 1 aromatic heterocycles. The van der Waals surface area contributed by atoms with Gasteiger partial charge in [0.1, 0.15) is 0 Å². The summed E-state index contributed by atoms with van der Waals surface area (Å²) in [6.07, 6.45) is 3.42. The number of nitrogens with zero attached hydrogens (tertiary/aromatic N) is 2. The first kappa shape index (κ1) is 16.3. The smallest absolute Gasteiger partial charge is 0.411 e. The van der Waals surface area contributed by atoms with Gasteiger partial charge in [0.25, 0.3) is 0 Å². The maximum Gasteiger partial charge on any atom is 1.00 e. The molecule has 0 radical (unpaired) electrons. The van der Waals surface area contributed by atoms with Gasteiger partial charge in [-0.1, -0.05) is 4.32 Å². The van der Waals surface area contributed by atoms with Crippen molar-refractivity contribution in [1.82, 2.24) is 4.98 Å². The fourth-order valence-corrected chi connectivity index (χ4v) is 0.884. The maximum atomic E-state index is 4.82. The van der Waals surface area contributed by atoms with Gasteiger partial charge in [-0.25, -0.2) is 0 Å². The summed E-state index contributed by atoms with van der Waals surface area (Å²) in [5.41, 5.74) is 0.972. The van der Waals surface area contributed by atoms with Crippen LogP contribution in [0.15, 0.2) is 24.5 Å². The summed E-state index contributed by atoms with van der Waals surface area (Å²) in [5, 5.41) is 0. The molecule has 13 heavy (non-hydrogen) atoms. The van der Waals surface area contributed by atoms with E-state index in [9.17, 15) is 0 Å². The first-order valence-corrected chi connectivity index (χ1v) is 3.88. The number of anilines is 1. The molecule has 0 spiro atoms. The molecule has 1 heterocycles. The molecular formula is C8H10KN2S2-. The zero-order chi connectivity index (χ0) is 8.27. The first-order valence-electron chi connectivity index (χ1n) is 3.06. The summed E-state index contributed by atoms with van der Waals surface area (Å²) in [4.78, 5) is 5.64. The minimum atomic E-state index is 0. The summed E-state index contributed by atoms with van der Waals surface area (Å²) in [6, 6.07) is 3.72. The van der Waals surface area contributed by atoms with E-state index in [2.05, 4.69) is 4.98 Å². The van der Waals surface area contributed by atoms with Gasteiger partial charge in [-0.3, -0.25) is 4.98 Å². The molecule has 0 N–H and O–H groups in total. The third-order valence-corrected chi connectivity index (χ3v) is 1.87. The van der Waals surface area contributed by atoms with Gasteiger partial charge in [0.05, 0.1) is 0 Å². The fraction of sp³-hybridized carbons (Fsp3) is 0.125. The summed E-state index contributed by atoms with van der Waals surface area (Å²) in [5.74, 6) is 0. The monoisotopic (exact) mass is 237 g/mol. The van der Waals surface area contributed by atoms with Crippen molar-refractivity contribution >= 4 is 34.9 Å². The van der Waals surface area contributed by atoms with Gasteiger partial charge in [0.15, 0.2) is 0 Å². The van der Waals surface area contributed by atoms with Crippen molar-refractivity contribution in [2.75, 3.05) is 11.9 Å². The van der Waals surface area contributed by atoms with Crippen molar-refractivity contribution < 1.29 is 51.4 Å². The van der Waals surface area contributed by atoms with Crippen LogP contribution in [0.2, 0.25) is 0 Å². The van der Waals surface area contributed by atoms with Crippen molar-refractivity contribution in [3.05, 3.63) is 32.0 Å². The maximum absolute atomic E-state index is 4.82. The van der Waals surface area contributed by atoms with E-state index >= 15 is 0 Å². The van der Waals surface area contributed by atoms with Gasteiger partial charge in [-0.05, 0) is 12.1 Å². The molecule has 2 nitrogen and oxygen atoms in total. The Morgan fingerprint density at radius 3 is 2.31 bits per heavy atom. The zero-order valence-corrected chi connectivity index (χ0v) is 12.8. The normalized spacial score (nSPS) is 7.77. The molecule has 0 saturated heterocycles. The van der Waals surface area contributed by atoms with Crippen LogP contribution in [0.5, 0.6) is 0 Å². The number of hydrogen-bond donors (Lipinski definition) is 0. The fourth-order valence-electron chi connectivity index (χ4n) is 0.673. The van der Waals surface area contributed by atoms with E-state index in [0.717, 1.165) is 5.69 Å². The molecule has 0 unspecified atom stereocenters. The van der Waals surface area contributed by atoms with Crippen molar-refractivity contribution in [2.24, 2.45) is 0 Å². The van der Waals surface area contributed by atoms with Crippen LogP contribution in [0.25, 0.3) is 0 Å². The Morgan fingerprint density at radius 2 is 1.92 bits per heavy atom. The molecule has 0 atom stereocenters. The van der Waals surface area contributed by atoms with E-state index in [1.807, 2.05) is 19.2 Å². The Labute approximate surface area is 133 Å². The second-order valence-electron chi connectivity index (χ2n) is 2.03. The molecule has 1 aromatic rings. The summed E-state index contributed by atoms with van der Waals surface area (Å²) in [6.45, 7) is 0. The number of rotatable bonds is 1. The molecule has 0 saturated carbocycles. The van der Waals surface area contributed by atoms with Crippen molar-refractivity contribution in [3.63, 3.8) is 0 Å². The standard InChI is InChI=1S/C7H8N2S2.CH3.K/c1-9(7(10)11)6-2-4-8-5-3-6;;/h2-5H,1H3,(H,10,11);1H3;/q;-1;+1/p-1. The van der Waals surface area contributed by atoms with Crippen molar-refractivity contribution in [1.29, 1.82) is 0 Å². The quantitative estimate of drug-likeness (QED) is 0.264. The molecule has 0 aromatic carbocycles. The molecule has 1 rings (SSSR count). The molecule has 5 heteroatoms. The molecule has 0 aliphatic rings. The molecule has 0 aliphatic heterocycles. The summed E-state index contributed by atoms with van der Waals surface area (Å²) < 4.78 is 0.441. The topological polar surface area (TPSA) is 16.1 Å². The summed E-state index contributed by atoms with van der Waals surface area (Å²) >= 11 is 9.64. The molecule has 0 aliphatic carbocycles. The Balaban J connectivity index is 0. The number of hydrogen-bond acceptors (Lipinski definition) is 3. The van der Waals surface area contributed by atoms with E-state index in [1.165, 1.54) is 0 Å². The van der Waals surface area contributed by atoms with Crippen LogP contribution >= 0.6 is 12.2 Å². The van der Waals surface area contributed by atoms with E-state index in [1.54, 1.807) is 17.3 Å². The minimum Gasteiger partial charge on any atom is -0.411 e. The molecule has 0 bridgehead atoms. The van der Waals surface area contributed by atoms with Crippen molar-refractivity contribution in [3.8, 4) is 0 Å². The van der Waals surface area contributed by atoms with Gasteiger partial charge < -0.3 is 37.2 Å². The van der Waals surface area contributed by atoms with Crippen LogP contribution in [0.3, 0.4) is 0 Å². The average Bonchev–Trinajstić information content (AvgIpc) is 2.05. The Hall–Kier alpha value is 0.896. The Morgan fingerprint density at radius 1 is 1.46 bits per heavy atom. The van der Waals surface area contributed by atoms with Gasteiger partial charge in [-0.15, -0.1) is 0 Å². The number of aromatic nitrogens is 1. The second kappa shape index (κ2) is 8.22. The minimum absolute atomic E-state index is 0. The van der Waals surface area contributed by atoms with E-state index in [-0.39, 0.29) is 58.8 Å². The predicted molar refractivity (Wildman–Crippen MR) is 59.0 cm³/mol. The molecule has 0 fully saturated rings. The van der Waals surface area contributed by atoms with E-state index in [4.69, 9.17) is 24.8 Å². The Kier molecular flexibility index (Phi) is 10.3. The van der Waals surface area contributed by atoms with Gasteiger partial charge >= 0.3 is 51.4 Å². The molecule has 66 valence electrons. The third kappa shape index (κ3) is 5.36. The summed E-state index contributed by atoms with van der Waals surface area (Å²) in [7, 11) is 1.84. The Bertz CT molecular complexity index is 254. The van der Waals surface area contributed by atoms with Crippen LogP contribution < -0.4 is 56.3 Å². The largest absolute Gasteiger partial charge is 1.00 e. The van der Waals surface area contributed by atoms with Gasteiger partial charge in [-0.2, -0.15) is 0 Å². The van der Waals surface area contributed by atoms with E-state index in [0.29, 0.717) is 4.32 Å². The molecular weight excluding hydrogens is 227 g/mol. The SMILES string of the molecule is CN(C(=S)[S-])c1ccncc1.[CH3-].[K+]. The zero-order valence-electron chi connectivity index (χ0n) is 8.02. The van der Waals surface area contributed by atoms with Crippen molar-refractivity contribution in [2.45, 2.75) is 0 Å². The van der Waals surface area contributed by atoms with Crippen LogP contribution in [-0.2, 0) is 12.6 Å². The van der Waals surface area contributed by atoms with Gasteiger partial charge in [0, 0.05) is 25.1 Å². The van der Waals surface area contributed by atoms with Crippen LogP contribution in [0.1, 0.15) is 0 Å². The second-order valence-corrected chi connectivity index (χ2v) is 3.06. The first-order chi connectivity index (χ1) is 5.22. The number of pyridine rings is 1. The predicted octanol–water partition coefficient (Wildman–Crippen LogP) is -1.20. The number of thiocarbonyl (C=S) groups is 1. The van der Waals surface area contributed by atoms with Crippen LogP contribution in [0, 0.1) is 7.43 Å².